The molecule has 6 nitrogen and oxygen atoms in total. The first-order valence-corrected chi connectivity index (χ1v) is 7.27. The standard InChI is InChI=1S/C15H20FN3O3.2ClH/c1-2-3-4-14(18-7-5-17-6-8-18)12-9-11(19(21)22)10-13(16)15(12)20;;/h2,9-10,14,17,20H,1,3-8H2;2*1H/t14-;;/m0../s1. The number of hydrogen-bond donors (Lipinski definition) is 2. The molecule has 0 aromatic heterocycles. The van der Waals surface area contributed by atoms with E-state index >= 15 is 0 Å². The highest BCUT2D eigenvalue weighted by molar-refractivity contribution is 5.85. The summed E-state index contributed by atoms with van der Waals surface area (Å²) in [7, 11) is 0. The van der Waals surface area contributed by atoms with Crippen molar-refractivity contribution in [3.63, 3.8) is 0 Å². The van der Waals surface area contributed by atoms with Crippen LogP contribution in [0.4, 0.5) is 10.1 Å². The molecule has 1 saturated heterocycles. The molecule has 1 aliphatic rings. The summed E-state index contributed by atoms with van der Waals surface area (Å²) in [5, 5.41) is 24.2. The van der Waals surface area contributed by atoms with Gasteiger partial charge in [0.05, 0.1) is 11.0 Å². The van der Waals surface area contributed by atoms with Crippen LogP contribution in [0.25, 0.3) is 0 Å². The zero-order valence-corrected chi connectivity index (χ0v) is 14.7. The second kappa shape index (κ2) is 10.5. The maximum Gasteiger partial charge on any atom is 0.272 e. The Morgan fingerprint density at radius 1 is 1.42 bits per heavy atom. The molecule has 1 heterocycles. The van der Waals surface area contributed by atoms with Gasteiger partial charge in [-0.15, -0.1) is 31.4 Å². The molecule has 0 amide bonds. The second-order valence-corrected chi connectivity index (χ2v) is 5.29. The lowest BCUT2D eigenvalue weighted by atomic mass is 9.97. The van der Waals surface area contributed by atoms with Gasteiger partial charge in [-0.25, -0.2) is 4.39 Å². The third-order valence-corrected chi connectivity index (χ3v) is 3.88. The van der Waals surface area contributed by atoms with E-state index in [9.17, 15) is 19.6 Å². The Bertz CT molecular complexity index is 569. The molecule has 1 aliphatic heterocycles. The van der Waals surface area contributed by atoms with Crippen molar-refractivity contribution < 1.29 is 14.4 Å². The van der Waals surface area contributed by atoms with Gasteiger partial charge in [-0.1, -0.05) is 6.08 Å². The average Bonchev–Trinajstić information content (AvgIpc) is 2.52. The smallest absolute Gasteiger partial charge is 0.272 e. The Balaban J connectivity index is 0.00000264. The van der Waals surface area contributed by atoms with Gasteiger partial charge >= 0.3 is 0 Å². The number of phenolic OH excluding ortho intramolecular Hbond substituents is 1. The van der Waals surface area contributed by atoms with Crippen molar-refractivity contribution in [2.45, 2.75) is 18.9 Å². The minimum Gasteiger partial charge on any atom is -0.505 e. The average molecular weight is 382 g/mol. The molecular weight excluding hydrogens is 360 g/mol. The molecule has 0 unspecified atom stereocenters. The number of benzene rings is 1. The molecule has 1 aromatic rings. The minimum absolute atomic E-state index is 0. The van der Waals surface area contributed by atoms with Crippen LogP contribution in [0.2, 0.25) is 0 Å². The third-order valence-electron chi connectivity index (χ3n) is 3.88. The van der Waals surface area contributed by atoms with E-state index in [2.05, 4.69) is 16.8 Å². The van der Waals surface area contributed by atoms with Crippen molar-refractivity contribution in [2.24, 2.45) is 0 Å². The van der Waals surface area contributed by atoms with E-state index in [1.165, 1.54) is 6.07 Å². The van der Waals surface area contributed by atoms with Gasteiger partial charge in [0, 0.05) is 43.9 Å². The van der Waals surface area contributed by atoms with E-state index < -0.39 is 16.5 Å². The number of halogens is 3. The Morgan fingerprint density at radius 2 is 2.04 bits per heavy atom. The van der Waals surface area contributed by atoms with Crippen LogP contribution in [0.1, 0.15) is 24.4 Å². The molecular formula is C15H22Cl2FN3O3. The van der Waals surface area contributed by atoms with E-state index in [0.717, 1.165) is 32.2 Å². The maximum atomic E-state index is 13.8. The summed E-state index contributed by atoms with van der Waals surface area (Å²) in [4.78, 5) is 12.4. The minimum atomic E-state index is -0.956. The zero-order chi connectivity index (χ0) is 16.1. The van der Waals surface area contributed by atoms with Crippen LogP contribution < -0.4 is 5.32 Å². The number of nitro groups is 1. The summed E-state index contributed by atoms with van der Waals surface area (Å²) in [6.45, 7) is 6.75. The molecule has 9 heteroatoms. The van der Waals surface area contributed by atoms with E-state index in [0.29, 0.717) is 12.8 Å². The summed E-state index contributed by atoms with van der Waals surface area (Å²) in [5.41, 5.74) is -0.0699. The summed E-state index contributed by atoms with van der Waals surface area (Å²) >= 11 is 0. The van der Waals surface area contributed by atoms with Gasteiger partial charge in [0.1, 0.15) is 0 Å². The van der Waals surface area contributed by atoms with Crippen LogP contribution in [0.15, 0.2) is 24.8 Å². The number of nitrogens with one attached hydrogen (secondary N) is 1. The number of phenols is 1. The van der Waals surface area contributed by atoms with Crippen LogP contribution in [0.3, 0.4) is 0 Å². The molecule has 1 fully saturated rings. The van der Waals surface area contributed by atoms with E-state index in [-0.39, 0.29) is 42.1 Å². The monoisotopic (exact) mass is 381 g/mol. The van der Waals surface area contributed by atoms with Gasteiger partial charge in [0.15, 0.2) is 11.6 Å². The van der Waals surface area contributed by atoms with E-state index in [1.807, 2.05) is 0 Å². The fourth-order valence-electron chi connectivity index (χ4n) is 2.77. The van der Waals surface area contributed by atoms with Crippen molar-refractivity contribution in [1.29, 1.82) is 0 Å². The maximum absolute atomic E-state index is 13.8. The van der Waals surface area contributed by atoms with Crippen LogP contribution in [0.5, 0.6) is 5.75 Å². The quantitative estimate of drug-likeness (QED) is 0.449. The molecule has 136 valence electrons. The van der Waals surface area contributed by atoms with Crippen molar-refractivity contribution in [1.82, 2.24) is 10.2 Å². The first kappa shape index (κ1) is 22.6. The lowest BCUT2D eigenvalue weighted by molar-refractivity contribution is -0.385. The van der Waals surface area contributed by atoms with Crippen molar-refractivity contribution in [3.8, 4) is 5.75 Å². The van der Waals surface area contributed by atoms with Gasteiger partial charge in [-0.2, -0.15) is 0 Å². The largest absolute Gasteiger partial charge is 0.505 e. The molecule has 1 aromatic carbocycles. The van der Waals surface area contributed by atoms with Gasteiger partial charge in [-0.05, 0) is 12.8 Å². The molecule has 0 bridgehead atoms. The number of non-ortho nitro benzene ring substituents is 1. The van der Waals surface area contributed by atoms with Gasteiger partial charge < -0.3 is 10.4 Å². The predicted octanol–water partition coefficient (Wildman–Crippen LogP) is 3.20. The van der Waals surface area contributed by atoms with Gasteiger partial charge in [0.2, 0.25) is 0 Å². The first-order chi connectivity index (χ1) is 10.5. The Morgan fingerprint density at radius 3 is 2.58 bits per heavy atom. The molecule has 2 rings (SSSR count). The number of piperazine rings is 1. The number of nitro benzene ring substituents is 1. The Kier molecular flexibility index (Phi) is 9.84. The van der Waals surface area contributed by atoms with Gasteiger partial charge in [0.25, 0.3) is 5.69 Å². The van der Waals surface area contributed by atoms with E-state index in [1.54, 1.807) is 6.08 Å². The van der Waals surface area contributed by atoms with Crippen LogP contribution >= 0.6 is 24.8 Å². The summed E-state index contributed by atoms with van der Waals surface area (Å²) in [5.74, 6) is -1.46. The zero-order valence-electron chi connectivity index (χ0n) is 13.1. The number of hydrogen-bond acceptors (Lipinski definition) is 5. The topological polar surface area (TPSA) is 78.6 Å². The second-order valence-electron chi connectivity index (χ2n) is 5.29. The number of aromatic hydroxyl groups is 1. The van der Waals surface area contributed by atoms with Crippen molar-refractivity contribution in [2.75, 3.05) is 26.2 Å². The number of allylic oxidation sites excluding steroid dienone is 1. The number of nitrogens with zero attached hydrogens (tertiary/aromatic N) is 2. The molecule has 1 atom stereocenters. The van der Waals surface area contributed by atoms with E-state index in [4.69, 9.17) is 0 Å². The van der Waals surface area contributed by atoms with Crippen LogP contribution in [-0.4, -0.2) is 41.1 Å². The summed E-state index contributed by atoms with van der Waals surface area (Å²) in [6, 6.07) is 1.75. The highest BCUT2D eigenvalue weighted by atomic mass is 35.5. The fraction of sp³-hybridized carbons (Fsp3) is 0.467. The summed E-state index contributed by atoms with van der Waals surface area (Å²) in [6.07, 6.45) is 3.05. The normalized spacial score (nSPS) is 15.7. The predicted molar refractivity (Wildman–Crippen MR) is 95.8 cm³/mol. The van der Waals surface area contributed by atoms with Crippen molar-refractivity contribution in [3.05, 3.63) is 46.3 Å². The molecule has 0 spiro atoms. The SMILES string of the molecule is C=CCC[C@@H](c1cc([N+](=O)[O-])cc(F)c1O)N1CCNCC1.Cl.Cl. The summed E-state index contributed by atoms with van der Waals surface area (Å²) < 4.78 is 13.8. The molecule has 2 N–H and O–H groups in total. The van der Waals surface area contributed by atoms with Crippen LogP contribution in [0, 0.1) is 15.9 Å². The highest BCUT2D eigenvalue weighted by Gasteiger charge is 2.27. The third kappa shape index (κ3) is 5.31. The lowest BCUT2D eigenvalue weighted by Crippen LogP contribution is -2.45. The molecule has 0 aliphatic carbocycles. The molecule has 0 radical (unpaired) electrons. The van der Waals surface area contributed by atoms with Crippen molar-refractivity contribution >= 4 is 30.5 Å². The first-order valence-electron chi connectivity index (χ1n) is 7.27. The Labute approximate surface area is 152 Å². The fourth-order valence-corrected chi connectivity index (χ4v) is 2.77. The number of rotatable bonds is 6. The molecule has 0 saturated carbocycles. The van der Waals surface area contributed by atoms with Gasteiger partial charge in [-0.3, -0.25) is 15.0 Å². The lowest BCUT2D eigenvalue weighted by Gasteiger charge is -2.35. The Hall–Kier alpha value is -1.41. The van der Waals surface area contributed by atoms with Crippen LogP contribution in [-0.2, 0) is 0 Å². The molecule has 24 heavy (non-hydrogen) atoms. The highest BCUT2D eigenvalue weighted by Crippen LogP contribution is 2.37.